The molecule has 0 bridgehead atoms. The molecule has 0 saturated carbocycles. The Bertz CT molecular complexity index is 1050. The second-order valence-electron chi connectivity index (χ2n) is 7.97. The van der Waals surface area contributed by atoms with E-state index in [2.05, 4.69) is 48.4 Å². The summed E-state index contributed by atoms with van der Waals surface area (Å²) in [5.74, 6) is 1.96. The molecule has 178 valence electrons. The molecule has 33 heavy (non-hydrogen) atoms. The molecule has 1 amide bonds. The number of nitrogens with one attached hydrogen (secondary N) is 2. The zero-order chi connectivity index (χ0) is 23.8. The van der Waals surface area contributed by atoms with Crippen LogP contribution in [0, 0.1) is 0 Å². The fourth-order valence-electron chi connectivity index (χ4n) is 3.05. The molecular formula is C23H32N6O3S. The van der Waals surface area contributed by atoms with Gasteiger partial charge in [0.15, 0.2) is 17.4 Å². The Balaban J connectivity index is 1.58. The fourth-order valence-corrected chi connectivity index (χ4v) is 3.75. The average Bonchev–Trinajstić information content (AvgIpc) is 3.16. The summed E-state index contributed by atoms with van der Waals surface area (Å²) in [5.41, 5.74) is 0.746. The first kappa shape index (κ1) is 24.6. The Morgan fingerprint density at radius 2 is 1.79 bits per heavy atom. The molecule has 10 heteroatoms. The molecule has 0 aliphatic heterocycles. The first-order chi connectivity index (χ1) is 15.9. The van der Waals surface area contributed by atoms with Crippen molar-refractivity contribution in [3.8, 4) is 11.5 Å². The number of thioether (sulfide) groups is 1. The standard InChI is InChI=1S/C23H32N6O3S/c1-6-31-17-7-9-18(10-8-17)32-14-20(30)24-11-12-29-22-19(13-25-29)21(26-15(2)3)27-23(28-22)33-16(4)5/h7-10,13,15-16H,6,11-12,14H2,1-5H3,(H,24,30)(H,26,27,28). The highest BCUT2D eigenvalue weighted by Gasteiger charge is 2.15. The number of hydrogen-bond donors (Lipinski definition) is 2. The third-order valence-corrected chi connectivity index (χ3v) is 5.26. The van der Waals surface area contributed by atoms with Gasteiger partial charge in [-0.3, -0.25) is 4.79 Å². The molecule has 9 nitrogen and oxygen atoms in total. The molecule has 2 aromatic heterocycles. The van der Waals surface area contributed by atoms with Gasteiger partial charge in [-0.25, -0.2) is 14.6 Å². The van der Waals surface area contributed by atoms with Crippen molar-refractivity contribution in [1.29, 1.82) is 0 Å². The average molecular weight is 473 g/mol. The van der Waals surface area contributed by atoms with Gasteiger partial charge >= 0.3 is 0 Å². The zero-order valence-electron chi connectivity index (χ0n) is 19.8. The first-order valence-electron chi connectivity index (χ1n) is 11.1. The number of carbonyl (C=O) groups excluding carboxylic acids is 1. The highest BCUT2D eigenvalue weighted by Crippen LogP contribution is 2.27. The number of fused-ring (bicyclic) bond motifs is 1. The Kier molecular flexibility index (Phi) is 8.76. The number of ether oxygens (including phenoxy) is 2. The van der Waals surface area contributed by atoms with E-state index < -0.39 is 0 Å². The normalized spacial score (nSPS) is 11.2. The van der Waals surface area contributed by atoms with Crippen LogP contribution in [0.1, 0.15) is 34.6 Å². The molecular weight excluding hydrogens is 440 g/mol. The maximum atomic E-state index is 12.2. The van der Waals surface area contributed by atoms with Gasteiger partial charge < -0.3 is 20.1 Å². The number of anilines is 1. The summed E-state index contributed by atoms with van der Waals surface area (Å²) in [6, 6.07) is 7.43. The van der Waals surface area contributed by atoms with Crippen LogP contribution in [-0.4, -0.2) is 56.7 Å². The highest BCUT2D eigenvalue weighted by atomic mass is 32.2. The van der Waals surface area contributed by atoms with Crippen molar-refractivity contribution in [3.05, 3.63) is 30.5 Å². The first-order valence-corrected chi connectivity index (χ1v) is 12.0. The summed E-state index contributed by atoms with van der Waals surface area (Å²) in [6.07, 6.45) is 1.76. The molecule has 0 fully saturated rings. The monoisotopic (exact) mass is 472 g/mol. The van der Waals surface area contributed by atoms with E-state index in [0.717, 1.165) is 22.6 Å². The maximum Gasteiger partial charge on any atom is 0.258 e. The van der Waals surface area contributed by atoms with Crippen LogP contribution in [0.5, 0.6) is 11.5 Å². The maximum absolute atomic E-state index is 12.2. The molecule has 0 radical (unpaired) electrons. The smallest absolute Gasteiger partial charge is 0.258 e. The highest BCUT2D eigenvalue weighted by molar-refractivity contribution is 7.99. The zero-order valence-corrected chi connectivity index (χ0v) is 20.6. The van der Waals surface area contributed by atoms with Crippen molar-refractivity contribution in [3.63, 3.8) is 0 Å². The second-order valence-corrected chi connectivity index (χ2v) is 9.51. The van der Waals surface area contributed by atoms with Crippen LogP contribution in [0.2, 0.25) is 0 Å². The Morgan fingerprint density at radius 1 is 1.09 bits per heavy atom. The molecule has 0 atom stereocenters. The van der Waals surface area contributed by atoms with E-state index in [1.807, 2.05) is 19.1 Å². The number of aromatic nitrogens is 4. The lowest BCUT2D eigenvalue weighted by Gasteiger charge is -2.13. The number of benzene rings is 1. The predicted octanol–water partition coefficient (Wildman–Crippen LogP) is 3.74. The molecule has 2 heterocycles. The van der Waals surface area contributed by atoms with E-state index in [0.29, 0.717) is 35.9 Å². The summed E-state index contributed by atoms with van der Waals surface area (Å²) in [5, 5.41) is 12.6. The van der Waals surface area contributed by atoms with E-state index in [4.69, 9.17) is 14.5 Å². The van der Waals surface area contributed by atoms with Crippen LogP contribution >= 0.6 is 11.8 Å². The summed E-state index contributed by atoms with van der Waals surface area (Å²) in [4.78, 5) is 21.6. The van der Waals surface area contributed by atoms with E-state index in [9.17, 15) is 4.79 Å². The lowest BCUT2D eigenvalue weighted by molar-refractivity contribution is -0.123. The van der Waals surface area contributed by atoms with Crippen molar-refractivity contribution in [1.82, 2.24) is 25.1 Å². The second kappa shape index (κ2) is 11.7. The summed E-state index contributed by atoms with van der Waals surface area (Å²) in [6.45, 7) is 11.7. The summed E-state index contributed by atoms with van der Waals surface area (Å²) >= 11 is 1.61. The lowest BCUT2D eigenvalue weighted by Crippen LogP contribution is -2.31. The number of hydrogen-bond acceptors (Lipinski definition) is 8. The molecule has 0 aliphatic carbocycles. The van der Waals surface area contributed by atoms with Gasteiger partial charge in [0, 0.05) is 17.8 Å². The number of nitrogens with zero attached hydrogens (tertiary/aromatic N) is 4. The lowest BCUT2D eigenvalue weighted by atomic mass is 10.3. The van der Waals surface area contributed by atoms with Gasteiger partial charge in [-0.05, 0) is 45.0 Å². The van der Waals surface area contributed by atoms with Crippen LogP contribution in [0.15, 0.2) is 35.6 Å². The third-order valence-electron chi connectivity index (χ3n) is 4.39. The van der Waals surface area contributed by atoms with E-state index in [-0.39, 0.29) is 18.6 Å². The number of carbonyl (C=O) groups is 1. The topological polar surface area (TPSA) is 103 Å². The van der Waals surface area contributed by atoms with Gasteiger partial charge in [-0.1, -0.05) is 25.6 Å². The quantitative estimate of drug-likeness (QED) is 0.304. The molecule has 0 spiro atoms. The Labute approximate surface area is 198 Å². The van der Waals surface area contributed by atoms with E-state index in [1.54, 1.807) is 34.8 Å². The molecule has 3 rings (SSSR count). The van der Waals surface area contributed by atoms with Crippen LogP contribution < -0.4 is 20.1 Å². The number of amides is 1. The van der Waals surface area contributed by atoms with Gasteiger partial charge in [0.25, 0.3) is 5.91 Å². The van der Waals surface area contributed by atoms with Crippen LogP contribution in [0.25, 0.3) is 11.0 Å². The minimum absolute atomic E-state index is 0.0619. The van der Waals surface area contributed by atoms with Gasteiger partial charge in [0.2, 0.25) is 0 Å². The molecule has 1 aromatic carbocycles. The van der Waals surface area contributed by atoms with Crippen LogP contribution in [0.3, 0.4) is 0 Å². The molecule has 0 aliphatic rings. The van der Waals surface area contributed by atoms with E-state index in [1.165, 1.54) is 0 Å². The minimum atomic E-state index is -0.201. The fraction of sp³-hybridized carbons (Fsp3) is 0.478. The van der Waals surface area contributed by atoms with Crippen LogP contribution in [-0.2, 0) is 11.3 Å². The molecule has 3 aromatic rings. The minimum Gasteiger partial charge on any atom is -0.494 e. The van der Waals surface area contributed by atoms with Gasteiger partial charge in [-0.2, -0.15) is 5.10 Å². The molecule has 0 unspecified atom stereocenters. The van der Waals surface area contributed by atoms with Crippen molar-refractivity contribution in [2.75, 3.05) is 25.1 Å². The molecule has 0 saturated heterocycles. The molecule has 2 N–H and O–H groups in total. The third kappa shape index (κ3) is 7.24. The van der Waals surface area contributed by atoms with Crippen molar-refractivity contribution in [2.45, 2.75) is 57.6 Å². The van der Waals surface area contributed by atoms with Crippen LogP contribution in [0.4, 0.5) is 5.82 Å². The van der Waals surface area contributed by atoms with Crippen molar-refractivity contribution in [2.24, 2.45) is 0 Å². The van der Waals surface area contributed by atoms with E-state index >= 15 is 0 Å². The van der Waals surface area contributed by atoms with Gasteiger partial charge in [-0.15, -0.1) is 0 Å². The van der Waals surface area contributed by atoms with Crippen molar-refractivity contribution < 1.29 is 14.3 Å². The summed E-state index contributed by atoms with van der Waals surface area (Å²) in [7, 11) is 0. The summed E-state index contributed by atoms with van der Waals surface area (Å²) < 4.78 is 12.7. The van der Waals surface area contributed by atoms with Gasteiger partial charge in [0.1, 0.15) is 17.3 Å². The largest absolute Gasteiger partial charge is 0.494 e. The Hall–Kier alpha value is -3.01. The predicted molar refractivity (Wildman–Crippen MR) is 131 cm³/mol. The Morgan fingerprint density at radius 3 is 2.42 bits per heavy atom. The van der Waals surface area contributed by atoms with Gasteiger partial charge in [0.05, 0.1) is 24.7 Å². The SMILES string of the molecule is CCOc1ccc(OCC(=O)NCCn2ncc3c(NC(C)C)nc(SC(C)C)nc32)cc1. The number of rotatable bonds is 12. The van der Waals surface area contributed by atoms with Crippen molar-refractivity contribution >= 4 is 34.5 Å².